The van der Waals surface area contributed by atoms with Crippen molar-refractivity contribution in [2.24, 2.45) is 0 Å². The average molecular weight is 279 g/mol. The number of ether oxygens (including phenoxy) is 1. The quantitative estimate of drug-likeness (QED) is 0.642. The summed E-state index contributed by atoms with van der Waals surface area (Å²) in [6, 6.07) is 7.78. The van der Waals surface area contributed by atoms with Crippen molar-refractivity contribution in [1.82, 2.24) is 5.32 Å². The molecule has 2 N–H and O–H groups in total. The zero-order valence-corrected chi connectivity index (χ0v) is 13.1. The summed E-state index contributed by atoms with van der Waals surface area (Å²) in [7, 11) is 1.65. The zero-order valence-electron chi connectivity index (χ0n) is 13.1. The predicted molar refractivity (Wildman–Crippen MR) is 84.2 cm³/mol. The highest BCUT2D eigenvalue weighted by atomic mass is 16.5. The summed E-state index contributed by atoms with van der Waals surface area (Å²) >= 11 is 0. The average Bonchev–Trinajstić information content (AvgIpc) is 2.50. The van der Waals surface area contributed by atoms with Gasteiger partial charge in [-0.2, -0.15) is 0 Å². The van der Waals surface area contributed by atoms with Crippen LogP contribution >= 0.6 is 0 Å². The van der Waals surface area contributed by atoms with Gasteiger partial charge in [-0.1, -0.05) is 45.2 Å². The van der Waals surface area contributed by atoms with E-state index in [2.05, 4.69) is 19.2 Å². The molecule has 1 aromatic rings. The van der Waals surface area contributed by atoms with E-state index in [0.717, 1.165) is 24.3 Å². The van der Waals surface area contributed by atoms with Gasteiger partial charge in [0.15, 0.2) is 0 Å². The van der Waals surface area contributed by atoms with Crippen LogP contribution in [0.15, 0.2) is 24.3 Å². The Morgan fingerprint density at radius 1 is 1.10 bits per heavy atom. The molecule has 3 heteroatoms. The predicted octanol–water partition coefficient (Wildman–Crippen LogP) is 3.68. The number of nitrogens with one attached hydrogen (secondary N) is 1. The lowest BCUT2D eigenvalue weighted by atomic mass is 10.00. The van der Waals surface area contributed by atoms with Gasteiger partial charge in [-0.05, 0) is 37.1 Å². The van der Waals surface area contributed by atoms with E-state index in [1.165, 1.54) is 25.7 Å². The van der Waals surface area contributed by atoms with Gasteiger partial charge in [0.1, 0.15) is 5.75 Å². The second-order valence-electron chi connectivity index (χ2n) is 5.25. The van der Waals surface area contributed by atoms with Crippen molar-refractivity contribution in [3.63, 3.8) is 0 Å². The van der Waals surface area contributed by atoms with Crippen LogP contribution in [0.25, 0.3) is 0 Å². The number of methoxy groups -OCH3 is 1. The Hall–Kier alpha value is -1.06. The Morgan fingerprint density at radius 3 is 2.35 bits per heavy atom. The molecule has 0 amide bonds. The highest BCUT2D eigenvalue weighted by Gasteiger charge is 2.18. The van der Waals surface area contributed by atoms with Crippen molar-refractivity contribution in [2.45, 2.75) is 58.1 Å². The molecule has 1 rings (SSSR count). The summed E-state index contributed by atoms with van der Waals surface area (Å²) in [6.45, 7) is 5.30. The van der Waals surface area contributed by atoms with Crippen LogP contribution in [0.4, 0.5) is 0 Å². The number of rotatable bonds is 10. The van der Waals surface area contributed by atoms with Crippen molar-refractivity contribution in [3.05, 3.63) is 29.8 Å². The molecule has 2 atom stereocenters. The Labute approximate surface area is 123 Å². The normalized spacial score (nSPS) is 14.0. The van der Waals surface area contributed by atoms with Crippen LogP contribution in [-0.4, -0.2) is 24.8 Å². The van der Waals surface area contributed by atoms with Gasteiger partial charge in [0.2, 0.25) is 0 Å². The lowest BCUT2D eigenvalue weighted by Crippen LogP contribution is -2.35. The van der Waals surface area contributed by atoms with E-state index < -0.39 is 6.10 Å². The van der Waals surface area contributed by atoms with Crippen LogP contribution in [0, 0.1) is 0 Å². The molecule has 20 heavy (non-hydrogen) atoms. The first kappa shape index (κ1) is 17.0. The number of aliphatic hydroxyl groups excluding tert-OH is 1. The molecule has 3 nitrogen and oxygen atoms in total. The van der Waals surface area contributed by atoms with Gasteiger partial charge in [0.25, 0.3) is 0 Å². The van der Waals surface area contributed by atoms with Gasteiger partial charge in [-0.25, -0.2) is 0 Å². The monoisotopic (exact) mass is 279 g/mol. The van der Waals surface area contributed by atoms with Crippen LogP contribution in [0.2, 0.25) is 0 Å². The van der Waals surface area contributed by atoms with Crippen molar-refractivity contribution < 1.29 is 9.84 Å². The van der Waals surface area contributed by atoms with Gasteiger partial charge in [0, 0.05) is 6.04 Å². The summed E-state index contributed by atoms with van der Waals surface area (Å²) in [5, 5.41) is 13.9. The minimum Gasteiger partial charge on any atom is -0.497 e. The van der Waals surface area contributed by atoms with E-state index in [1.807, 2.05) is 24.3 Å². The van der Waals surface area contributed by atoms with Gasteiger partial charge >= 0.3 is 0 Å². The third kappa shape index (κ3) is 5.51. The third-order valence-electron chi connectivity index (χ3n) is 3.72. The number of benzene rings is 1. The number of hydrogen-bond donors (Lipinski definition) is 2. The van der Waals surface area contributed by atoms with Crippen molar-refractivity contribution >= 4 is 0 Å². The minimum atomic E-state index is -0.461. The van der Waals surface area contributed by atoms with E-state index >= 15 is 0 Å². The number of aliphatic hydroxyl groups is 1. The molecule has 0 fully saturated rings. The summed E-state index contributed by atoms with van der Waals surface area (Å²) in [5.41, 5.74) is 0.943. The molecule has 0 radical (unpaired) electrons. The molecular formula is C17H29NO2. The van der Waals surface area contributed by atoms with E-state index in [0.29, 0.717) is 0 Å². The Bertz CT molecular complexity index is 351. The highest BCUT2D eigenvalue weighted by Crippen LogP contribution is 2.21. The maximum Gasteiger partial charge on any atom is 0.118 e. The first-order valence-electron chi connectivity index (χ1n) is 7.78. The second kappa shape index (κ2) is 9.78. The summed E-state index contributed by atoms with van der Waals surface area (Å²) in [4.78, 5) is 0. The van der Waals surface area contributed by atoms with Gasteiger partial charge in [-0.15, -0.1) is 0 Å². The summed E-state index contributed by atoms with van der Waals surface area (Å²) in [5.74, 6) is 0.821. The fourth-order valence-electron chi connectivity index (χ4n) is 2.35. The lowest BCUT2D eigenvalue weighted by Gasteiger charge is -2.23. The molecule has 2 unspecified atom stereocenters. The molecule has 0 aromatic heterocycles. The maximum atomic E-state index is 10.4. The van der Waals surface area contributed by atoms with E-state index in [4.69, 9.17) is 4.74 Å². The van der Waals surface area contributed by atoms with Crippen LogP contribution < -0.4 is 10.1 Å². The molecule has 0 spiro atoms. The van der Waals surface area contributed by atoms with E-state index in [1.54, 1.807) is 7.11 Å². The molecule has 0 heterocycles. The Balaban J connectivity index is 2.46. The number of unbranched alkanes of at least 4 members (excludes halogenated alkanes) is 3. The van der Waals surface area contributed by atoms with Crippen molar-refractivity contribution in [3.8, 4) is 5.75 Å². The Kier molecular flexibility index (Phi) is 8.31. The van der Waals surface area contributed by atoms with Gasteiger partial charge in [0.05, 0.1) is 13.2 Å². The maximum absolute atomic E-state index is 10.4. The van der Waals surface area contributed by atoms with Gasteiger partial charge < -0.3 is 15.2 Å². The standard InChI is InChI=1S/C17H29NO2/c1-4-6-7-8-13-18-16(5-2)17(19)14-9-11-15(20-3)12-10-14/h9-12,16-19H,4-8,13H2,1-3H3. The molecule has 0 aliphatic rings. The van der Waals surface area contributed by atoms with Crippen LogP contribution in [0.1, 0.15) is 57.6 Å². The fourth-order valence-corrected chi connectivity index (χ4v) is 2.35. The topological polar surface area (TPSA) is 41.5 Å². The molecule has 0 saturated heterocycles. The number of hydrogen-bond acceptors (Lipinski definition) is 3. The molecule has 0 aliphatic heterocycles. The zero-order chi connectivity index (χ0) is 14.8. The van der Waals surface area contributed by atoms with E-state index in [9.17, 15) is 5.11 Å². The highest BCUT2D eigenvalue weighted by molar-refractivity contribution is 5.29. The first-order chi connectivity index (χ1) is 9.72. The molecule has 1 aromatic carbocycles. The fraction of sp³-hybridized carbons (Fsp3) is 0.647. The van der Waals surface area contributed by atoms with Crippen molar-refractivity contribution in [1.29, 1.82) is 0 Å². The van der Waals surface area contributed by atoms with E-state index in [-0.39, 0.29) is 6.04 Å². The summed E-state index contributed by atoms with van der Waals surface area (Å²) < 4.78 is 5.14. The Morgan fingerprint density at radius 2 is 1.80 bits per heavy atom. The third-order valence-corrected chi connectivity index (χ3v) is 3.72. The second-order valence-corrected chi connectivity index (χ2v) is 5.25. The molecule has 114 valence electrons. The van der Waals surface area contributed by atoms with Crippen molar-refractivity contribution in [2.75, 3.05) is 13.7 Å². The summed E-state index contributed by atoms with van der Waals surface area (Å²) in [6.07, 6.45) is 5.45. The first-order valence-corrected chi connectivity index (χ1v) is 7.78. The smallest absolute Gasteiger partial charge is 0.118 e. The van der Waals surface area contributed by atoms with Crippen LogP contribution in [-0.2, 0) is 0 Å². The molecule has 0 bridgehead atoms. The molecule has 0 aliphatic carbocycles. The van der Waals surface area contributed by atoms with Gasteiger partial charge in [-0.3, -0.25) is 0 Å². The molecule has 0 saturated carbocycles. The SMILES string of the molecule is CCCCCCNC(CC)C(O)c1ccc(OC)cc1. The minimum absolute atomic E-state index is 0.116. The largest absolute Gasteiger partial charge is 0.497 e. The lowest BCUT2D eigenvalue weighted by molar-refractivity contribution is 0.126. The molecular weight excluding hydrogens is 250 g/mol. The van der Waals surface area contributed by atoms with Crippen LogP contribution in [0.5, 0.6) is 5.75 Å². The van der Waals surface area contributed by atoms with Crippen LogP contribution in [0.3, 0.4) is 0 Å².